The van der Waals surface area contributed by atoms with Crippen molar-refractivity contribution in [3.05, 3.63) is 12.3 Å². The first-order chi connectivity index (χ1) is 6.78. The molecule has 1 aliphatic rings. The van der Waals surface area contributed by atoms with Gasteiger partial charge in [-0.15, -0.1) is 4.31 Å². The molecule has 0 aromatic heterocycles. The highest BCUT2D eigenvalue weighted by Crippen LogP contribution is 2.18. The topological polar surface area (TPSA) is 92.7 Å². The van der Waals surface area contributed by atoms with Crippen LogP contribution in [0.4, 0.5) is 0 Å². The van der Waals surface area contributed by atoms with Gasteiger partial charge in [-0.1, -0.05) is 0 Å². The Morgan fingerprint density at radius 1 is 1.33 bits per heavy atom. The Balaban J connectivity index is 3.09. The Morgan fingerprint density at radius 3 is 2.33 bits per heavy atom. The van der Waals surface area contributed by atoms with Crippen LogP contribution in [-0.2, 0) is 10.0 Å². The predicted octanol–water partition coefficient (Wildman–Crippen LogP) is -0.987. The summed E-state index contributed by atoms with van der Waals surface area (Å²) < 4.78 is 25.0. The van der Waals surface area contributed by atoms with Crippen molar-refractivity contribution in [3.63, 3.8) is 0 Å². The van der Waals surface area contributed by atoms with Gasteiger partial charge in [0.05, 0.1) is 11.4 Å². The van der Waals surface area contributed by atoms with E-state index in [0.29, 0.717) is 0 Å². The molecule has 7 heteroatoms. The summed E-state index contributed by atoms with van der Waals surface area (Å²) in [6, 6.07) is 0. The van der Waals surface area contributed by atoms with Crippen molar-refractivity contribution in [3.8, 4) is 0 Å². The van der Waals surface area contributed by atoms with Gasteiger partial charge < -0.3 is 10.6 Å². The van der Waals surface area contributed by atoms with Gasteiger partial charge in [0.1, 0.15) is 6.29 Å². The van der Waals surface area contributed by atoms with Gasteiger partial charge in [0.2, 0.25) is 10.0 Å². The van der Waals surface area contributed by atoms with Crippen LogP contribution in [0.15, 0.2) is 12.3 Å². The van der Waals surface area contributed by atoms with E-state index in [1.54, 1.807) is 38.1 Å². The molecule has 88 valence electrons. The highest BCUT2D eigenvalue weighted by atomic mass is 32.2. The van der Waals surface area contributed by atoms with Gasteiger partial charge in [-0.2, -0.15) is 0 Å². The van der Waals surface area contributed by atoms with E-state index in [4.69, 9.17) is 11.5 Å². The normalized spacial score (nSPS) is 28.8. The molecule has 0 saturated heterocycles. The standard InChI is InChI=1S/C8H18N4O2S/c1-6(2)15(13,14)12-7(9)4-5-11(3)8(12)10/h4-8H,9-10H2,1-3H3. The second-order valence-electron chi connectivity index (χ2n) is 3.83. The van der Waals surface area contributed by atoms with Crippen molar-refractivity contribution >= 4 is 10.0 Å². The van der Waals surface area contributed by atoms with Crippen molar-refractivity contribution in [2.75, 3.05) is 7.05 Å². The van der Waals surface area contributed by atoms with Crippen molar-refractivity contribution < 1.29 is 8.42 Å². The molecule has 0 spiro atoms. The van der Waals surface area contributed by atoms with Gasteiger partial charge in [0.25, 0.3) is 0 Å². The van der Waals surface area contributed by atoms with E-state index in [1.165, 1.54) is 0 Å². The fourth-order valence-electron chi connectivity index (χ4n) is 1.32. The third-order valence-corrected chi connectivity index (χ3v) is 4.62. The van der Waals surface area contributed by atoms with Crippen LogP contribution in [0.5, 0.6) is 0 Å². The first-order valence-corrected chi connectivity index (χ1v) is 6.22. The van der Waals surface area contributed by atoms with Crippen molar-refractivity contribution in [1.29, 1.82) is 0 Å². The second-order valence-corrected chi connectivity index (χ2v) is 6.23. The average molecular weight is 234 g/mol. The molecule has 0 aliphatic carbocycles. The summed E-state index contributed by atoms with van der Waals surface area (Å²) >= 11 is 0. The summed E-state index contributed by atoms with van der Waals surface area (Å²) in [5, 5.41) is -0.533. The zero-order chi connectivity index (χ0) is 11.8. The third-order valence-electron chi connectivity index (χ3n) is 2.38. The Kier molecular flexibility index (Phi) is 3.39. The minimum absolute atomic E-state index is 0.533. The SMILES string of the molecule is CC(C)S(=O)(=O)N1C(N)C=CN(C)C1N. The molecular weight excluding hydrogens is 216 g/mol. The van der Waals surface area contributed by atoms with E-state index in [1.807, 2.05) is 0 Å². The third kappa shape index (κ3) is 2.15. The molecule has 0 aromatic carbocycles. The number of sulfonamides is 1. The lowest BCUT2D eigenvalue weighted by molar-refractivity contribution is 0.140. The second kappa shape index (κ2) is 4.09. The molecule has 2 atom stereocenters. The first kappa shape index (κ1) is 12.4. The van der Waals surface area contributed by atoms with Gasteiger partial charge >= 0.3 is 0 Å². The largest absolute Gasteiger partial charge is 0.352 e. The molecule has 1 rings (SSSR count). The molecular formula is C8H18N4O2S. The van der Waals surface area contributed by atoms with Crippen molar-refractivity contribution in [2.45, 2.75) is 31.6 Å². The van der Waals surface area contributed by atoms with Crippen molar-refractivity contribution in [1.82, 2.24) is 9.21 Å². The Morgan fingerprint density at radius 2 is 1.87 bits per heavy atom. The summed E-state index contributed by atoms with van der Waals surface area (Å²) in [6.07, 6.45) is 1.85. The molecule has 6 nitrogen and oxygen atoms in total. The maximum Gasteiger partial charge on any atom is 0.220 e. The summed E-state index contributed by atoms with van der Waals surface area (Å²) in [7, 11) is -1.74. The van der Waals surface area contributed by atoms with Gasteiger partial charge in [-0.3, -0.25) is 5.73 Å². The summed E-state index contributed by atoms with van der Waals surface area (Å²) in [5.74, 6) is 0. The molecule has 2 unspecified atom stereocenters. The lowest BCUT2D eigenvalue weighted by atomic mass is 10.4. The maximum absolute atomic E-state index is 12.0. The molecule has 4 N–H and O–H groups in total. The van der Waals surface area contributed by atoms with E-state index < -0.39 is 27.7 Å². The zero-order valence-corrected chi connectivity index (χ0v) is 9.98. The van der Waals surface area contributed by atoms with Crippen LogP contribution in [0.1, 0.15) is 13.8 Å². The maximum atomic E-state index is 12.0. The highest BCUT2D eigenvalue weighted by molar-refractivity contribution is 7.89. The van der Waals surface area contributed by atoms with Crippen LogP contribution in [0.2, 0.25) is 0 Å². The summed E-state index contributed by atoms with van der Waals surface area (Å²) in [4.78, 5) is 1.60. The molecule has 0 amide bonds. The van der Waals surface area contributed by atoms with E-state index in [0.717, 1.165) is 4.31 Å². The number of hydrogen-bond acceptors (Lipinski definition) is 5. The number of rotatable bonds is 2. The van der Waals surface area contributed by atoms with Crippen LogP contribution in [0.25, 0.3) is 0 Å². The average Bonchev–Trinajstić information content (AvgIpc) is 2.11. The number of nitrogens with zero attached hydrogens (tertiary/aromatic N) is 2. The van der Waals surface area contributed by atoms with Crippen LogP contribution >= 0.6 is 0 Å². The number of nitrogens with two attached hydrogens (primary N) is 2. The zero-order valence-electron chi connectivity index (χ0n) is 9.16. The van der Waals surface area contributed by atoms with Gasteiger partial charge in [0.15, 0.2) is 0 Å². The molecule has 0 saturated carbocycles. The fraction of sp³-hybridized carbons (Fsp3) is 0.750. The molecule has 1 heterocycles. The molecule has 0 bridgehead atoms. The van der Waals surface area contributed by atoms with E-state index in [-0.39, 0.29) is 0 Å². The minimum Gasteiger partial charge on any atom is -0.352 e. The quantitative estimate of drug-likeness (QED) is 0.640. The van der Waals surface area contributed by atoms with E-state index in [9.17, 15) is 8.42 Å². The lowest BCUT2D eigenvalue weighted by Gasteiger charge is -2.40. The van der Waals surface area contributed by atoms with Gasteiger partial charge in [-0.25, -0.2) is 8.42 Å². The van der Waals surface area contributed by atoms with Crippen LogP contribution < -0.4 is 11.5 Å². The van der Waals surface area contributed by atoms with E-state index >= 15 is 0 Å². The van der Waals surface area contributed by atoms with Crippen LogP contribution in [0, 0.1) is 0 Å². The molecule has 0 radical (unpaired) electrons. The first-order valence-electron chi connectivity index (χ1n) is 4.72. The lowest BCUT2D eigenvalue weighted by Crippen LogP contribution is -2.62. The van der Waals surface area contributed by atoms with Crippen LogP contribution in [-0.4, -0.2) is 42.4 Å². The number of hydrogen-bond donors (Lipinski definition) is 2. The fourth-order valence-corrected chi connectivity index (χ4v) is 2.66. The molecule has 0 aromatic rings. The summed E-state index contributed by atoms with van der Waals surface area (Å²) in [6.45, 7) is 3.21. The summed E-state index contributed by atoms with van der Waals surface area (Å²) in [5.41, 5.74) is 11.5. The smallest absolute Gasteiger partial charge is 0.220 e. The Bertz CT molecular complexity index is 352. The van der Waals surface area contributed by atoms with Gasteiger partial charge in [-0.05, 0) is 19.9 Å². The molecule has 1 aliphatic heterocycles. The van der Waals surface area contributed by atoms with Crippen molar-refractivity contribution in [2.24, 2.45) is 11.5 Å². The highest BCUT2D eigenvalue weighted by Gasteiger charge is 2.37. The van der Waals surface area contributed by atoms with Crippen LogP contribution in [0.3, 0.4) is 0 Å². The molecule has 0 fully saturated rings. The Labute approximate surface area is 90.6 Å². The monoisotopic (exact) mass is 234 g/mol. The Hall–Kier alpha value is -0.630. The van der Waals surface area contributed by atoms with E-state index in [2.05, 4.69) is 0 Å². The molecule has 15 heavy (non-hydrogen) atoms. The minimum atomic E-state index is -3.44. The van der Waals surface area contributed by atoms with Gasteiger partial charge in [0, 0.05) is 13.2 Å². The predicted molar refractivity (Wildman–Crippen MR) is 58.7 cm³/mol.